The zero-order valence-electron chi connectivity index (χ0n) is 16.9. The highest BCUT2D eigenvalue weighted by Crippen LogP contribution is 2.42. The predicted molar refractivity (Wildman–Crippen MR) is 121 cm³/mol. The van der Waals surface area contributed by atoms with E-state index in [4.69, 9.17) is 4.74 Å². The molecule has 0 spiro atoms. The summed E-state index contributed by atoms with van der Waals surface area (Å²) in [4.78, 5) is 31.7. The molecule has 1 aliphatic heterocycles. The van der Waals surface area contributed by atoms with Crippen molar-refractivity contribution in [1.82, 2.24) is 4.98 Å². The van der Waals surface area contributed by atoms with Gasteiger partial charge in [-0.3, -0.25) is 19.5 Å². The maximum atomic E-state index is 13.1. The number of aliphatic hydroxyl groups excluding tert-OH is 1. The number of benzene rings is 2. The molecule has 1 saturated heterocycles. The van der Waals surface area contributed by atoms with Crippen LogP contribution >= 0.6 is 15.9 Å². The Morgan fingerprint density at radius 2 is 1.87 bits per heavy atom. The minimum absolute atomic E-state index is 0.00985. The van der Waals surface area contributed by atoms with Crippen LogP contribution in [0.4, 0.5) is 5.69 Å². The third-order valence-corrected chi connectivity index (χ3v) is 5.80. The Morgan fingerprint density at radius 3 is 2.48 bits per heavy atom. The molecule has 1 aliphatic rings. The van der Waals surface area contributed by atoms with E-state index >= 15 is 0 Å². The van der Waals surface area contributed by atoms with E-state index in [1.807, 2.05) is 19.1 Å². The summed E-state index contributed by atoms with van der Waals surface area (Å²) in [6.45, 7) is 1.94. The molecule has 3 aromatic rings. The summed E-state index contributed by atoms with van der Waals surface area (Å²) in [5, 5.41) is 11.1. The van der Waals surface area contributed by atoms with Crippen molar-refractivity contribution in [3.63, 3.8) is 0 Å². The normalized spacial score (nSPS) is 17.8. The van der Waals surface area contributed by atoms with Gasteiger partial charge in [0.2, 0.25) is 0 Å². The lowest BCUT2D eigenvalue weighted by Gasteiger charge is -2.25. The third kappa shape index (κ3) is 3.72. The Bertz CT molecular complexity index is 1190. The fraction of sp³-hybridized carbons (Fsp3) is 0.125. The summed E-state index contributed by atoms with van der Waals surface area (Å²) in [6.07, 6.45) is 3.21. The smallest absolute Gasteiger partial charge is 0.300 e. The first-order chi connectivity index (χ1) is 14.9. The molecule has 156 valence electrons. The van der Waals surface area contributed by atoms with E-state index in [-0.39, 0.29) is 11.3 Å². The van der Waals surface area contributed by atoms with Crippen molar-refractivity contribution in [2.45, 2.75) is 13.0 Å². The Morgan fingerprint density at radius 1 is 1.13 bits per heavy atom. The fourth-order valence-electron chi connectivity index (χ4n) is 3.63. The quantitative estimate of drug-likeness (QED) is 0.331. The Balaban J connectivity index is 1.92. The minimum atomic E-state index is -0.808. The Hall–Kier alpha value is -3.45. The number of aromatic nitrogens is 1. The highest BCUT2D eigenvalue weighted by molar-refractivity contribution is 9.10. The van der Waals surface area contributed by atoms with Crippen LogP contribution in [0.3, 0.4) is 0 Å². The van der Waals surface area contributed by atoms with Crippen molar-refractivity contribution < 1.29 is 19.4 Å². The SMILES string of the molecule is COc1ccc(/C(O)=C2/C(=O)C(=O)N(c3ccc(C)cc3)C2c2cccnc2)cc1Br. The van der Waals surface area contributed by atoms with Gasteiger partial charge in [0.25, 0.3) is 11.7 Å². The Labute approximate surface area is 187 Å². The summed E-state index contributed by atoms with van der Waals surface area (Å²) < 4.78 is 5.85. The van der Waals surface area contributed by atoms with Gasteiger partial charge in [0.05, 0.1) is 23.2 Å². The number of ether oxygens (including phenoxy) is 1. The molecule has 1 N–H and O–H groups in total. The van der Waals surface area contributed by atoms with Crippen molar-refractivity contribution in [3.05, 3.63) is 93.7 Å². The molecular weight excluding hydrogens is 460 g/mol. The number of carbonyl (C=O) groups is 2. The molecular formula is C24H19BrN2O4. The number of aryl methyl sites for hydroxylation is 1. The van der Waals surface area contributed by atoms with Crippen molar-refractivity contribution in [3.8, 4) is 5.75 Å². The van der Waals surface area contributed by atoms with Crippen LogP contribution in [0.15, 0.2) is 77.0 Å². The zero-order valence-corrected chi connectivity index (χ0v) is 18.5. The number of nitrogens with zero attached hydrogens (tertiary/aromatic N) is 2. The van der Waals surface area contributed by atoms with Crippen molar-refractivity contribution in [2.75, 3.05) is 12.0 Å². The van der Waals surface area contributed by atoms with E-state index in [1.165, 1.54) is 12.0 Å². The van der Waals surface area contributed by atoms with Crippen LogP contribution in [0.25, 0.3) is 5.76 Å². The topological polar surface area (TPSA) is 79.7 Å². The molecule has 0 radical (unpaired) electrons. The Kier molecular flexibility index (Phi) is 5.61. The average molecular weight is 479 g/mol. The molecule has 1 amide bonds. The monoisotopic (exact) mass is 478 g/mol. The van der Waals surface area contributed by atoms with Crippen LogP contribution in [-0.4, -0.2) is 28.9 Å². The van der Waals surface area contributed by atoms with Crippen LogP contribution in [0.2, 0.25) is 0 Å². The van der Waals surface area contributed by atoms with Gasteiger partial charge in [-0.2, -0.15) is 0 Å². The van der Waals surface area contributed by atoms with Crippen LogP contribution in [0.5, 0.6) is 5.75 Å². The number of methoxy groups -OCH3 is 1. The van der Waals surface area contributed by atoms with Gasteiger partial charge in [-0.05, 0) is 64.8 Å². The number of rotatable bonds is 4. The second-order valence-corrected chi connectivity index (χ2v) is 7.99. The molecule has 1 unspecified atom stereocenters. The first-order valence-corrected chi connectivity index (χ1v) is 10.3. The van der Waals surface area contributed by atoms with Crippen molar-refractivity contribution in [1.29, 1.82) is 0 Å². The lowest BCUT2D eigenvalue weighted by atomic mass is 9.96. The number of anilines is 1. The number of ketones is 1. The number of hydrogen-bond donors (Lipinski definition) is 1. The number of aliphatic hydroxyl groups is 1. The van der Waals surface area contributed by atoms with E-state index < -0.39 is 17.7 Å². The first kappa shape index (κ1) is 20.8. The first-order valence-electron chi connectivity index (χ1n) is 9.54. The van der Waals surface area contributed by atoms with Gasteiger partial charge in [-0.15, -0.1) is 0 Å². The van der Waals surface area contributed by atoms with E-state index in [9.17, 15) is 14.7 Å². The maximum Gasteiger partial charge on any atom is 0.300 e. The van der Waals surface area contributed by atoms with Gasteiger partial charge < -0.3 is 9.84 Å². The number of Topliss-reactive ketones (excluding diaryl/α,β-unsaturated/α-hetero) is 1. The average Bonchev–Trinajstić information content (AvgIpc) is 3.05. The summed E-state index contributed by atoms with van der Waals surface area (Å²) in [5.74, 6) is -1.13. The standard InChI is InChI=1S/C24H19BrN2O4/c1-14-5-8-17(9-6-14)27-21(16-4-3-11-26-13-16)20(23(29)24(27)30)22(28)15-7-10-19(31-2)18(25)12-15/h3-13,21,28H,1-2H3/b22-20-. The summed E-state index contributed by atoms with van der Waals surface area (Å²) in [6, 6.07) is 15.0. The predicted octanol–water partition coefficient (Wildman–Crippen LogP) is 4.79. The number of pyridine rings is 1. The zero-order chi connectivity index (χ0) is 22.1. The van der Waals surface area contributed by atoms with Crippen LogP contribution in [-0.2, 0) is 9.59 Å². The summed E-state index contributed by atoms with van der Waals surface area (Å²) >= 11 is 3.40. The minimum Gasteiger partial charge on any atom is -0.507 e. The molecule has 31 heavy (non-hydrogen) atoms. The molecule has 2 aromatic carbocycles. The van der Waals surface area contributed by atoms with Gasteiger partial charge in [0.1, 0.15) is 11.5 Å². The van der Waals surface area contributed by atoms with Gasteiger partial charge in [0, 0.05) is 23.6 Å². The second-order valence-electron chi connectivity index (χ2n) is 7.14. The largest absolute Gasteiger partial charge is 0.507 e. The number of carbonyl (C=O) groups excluding carboxylic acids is 2. The second kappa shape index (κ2) is 8.35. The summed E-state index contributed by atoms with van der Waals surface area (Å²) in [7, 11) is 1.54. The van der Waals surface area contributed by atoms with E-state index in [0.29, 0.717) is 27.0 Å². The molecule has 0 saturated carbocycles. The molecule has 1 aromatic heterocycles. The maximum absolute atomic E-state index is 13.1. The van der Waals surface area contributed by atoms with E-state index in [1.54, 1.807) is 54.9 Å². The molecule has 0 aliphatic carbocycles. The van der Waals surface area contributed by atoms with Crippen molar-refractivity contribution in [2.24, 2.45) is 0 Å². The molecule has 1 fully saturated rings. The molecule has 0 bridgehead atoms. The molecule has 6 nitrogen and oxygen atoms in total. The molecule has 1 atom stereocenters. The van der Waals surface area contributed by atoms with Gasteiger partial charge in [-0.1, -0.05) is 23.8 Å². The number of hydrogen-bond acceptors (Lipinski definition) is 5. The molecule has 4 rings (SSSR count). The van der Waals surface area contributed by atoms with E-state index in [2.05, 4.69) is 20.9 Å². The fourth-order valence-corrected chi connectivity index (χ4v) is 4.17. The van der Waals surface area contributed by atoms with Gasteiger partial charge in [0.15, 0.2) is 0 Å². The van der Waals surface area contributed by atoms with Crippen molar-refractivity contribution >= 4 is 39.1 Å². The van der Waals surface area contributed by atoms with E-state index in [0.717, 1.165) is 5.56 Å². The highest BCUT2D eigenvalue weighted by Gasteiger charge is 2.47. The van der Waals surface area contributed by atoms with Crippen LogP contribution in [0.1, 0.15) is 22.7 Å². The van der Waals surface area contributed by atoms with Gasteiger partial charge >= 0.3 is 0 Å². The van der Waals surface area contributed by atoms with Crippen LogP contribution < -0.4 is 9.64 Å². The van der Waals surface area contributed by atoms with Gasteiger partial charge in [-0.25, -0.2) is 0 Å². The third-order valence-electron chi connectivity index (χ3n) is 5.18. The number of halogens is 1. The molecule has 7 heteroatoms. The van der Waals surface area contributed by atoms with Crippen LogP contribution in [0, 0.1) is 6.92 Å². The molecule has 2 heterocycles. The summed E-state index contributed by atoms with van der Waals surface area (Å²) in [5.41, 5.74) is 2.62. The lowest BCUT2D eigenvalue weighted by molar-refractivity contribution is -0.132. The number of amides is 1. The lowest BCUT2D eigenvalue weighted by Crippen LogP contribution is -2.29. The highest BCUT2D eigenvalue weighted by atomic mass is 79.9.